The van der Waals surface area contributed by atoms with Crippen molar-refractivity contribution in [3.8, 4) is 22.4 Å². The van der Waals surface area contributed by atoms with E-state index in [1.54, 1.807) is 6.33 Å². The summed E-state index contributed by atoms with van der Waals surface area (Å²) in [6, 6.07) is 37.1. The van der Waals surface area contributed by atoms with E-state index >= 15 is 0 Å². The maximum absolute atomic E-state index is 11.7. The SMILES string of the molecule is CC(C)(C)c1cc2c3c(ncnc3c1)-c1[c-]cc3ccccc3c1C21c2ccccc2-c2ccccc21.CCC(CC)C(=O)/C=C(\O)C(CC)CC.[Ir]. The molecular weight excluding hydrogens is 829 g/mol. The Labute approximate surface area is 328 Å². The van der Waals surface area contributed by atoms with Crippen molar-refractivity contribution in [3.05, 3.63) is 143 Å². The van der Waals surface area contributed by atoms with E-state index in [4.69, 9.17) is 9.97 Å². The van der Waals surface area contributed by atoms with Crippen LogP contribution >= 0.6 is 0 Å². The van der Waals surface area contributed by atoms with Crippen LogP contribution in [0.25, 0.3) is 44.1 Å². The number of allylic oxidation sites excluding steroid dienone is 2. The molecule has 0 bridgehead atoms. The van der Waals surface area contributed by atoms with Gasteiger partial charge in [0.1, 0.15) is 6.33 Å². The molecule has 2 aliphatic carbocycles. The first-order valence-electron chi connectivity index (χ1n) is 19.0. The third-order valence-electron chi connectivity index (χ3n) is 11.5. The molecule has 0 saturated carbocycles. The van der Waals surface area contributed by atoms with Crippen molar-refractivity contribution in [2.45, 2.75) is 85.0 Å². The summed E-state index contributed by atoms with van der Waals surface area (Å²) in [5.74, 6) is 0.547. The number of aliphatic hydroxyl groups is 1. The van der Waals surface area contributed by atoms with Gasteiger partial charge in [0.15, 0.2) is 5.78 Å². The normalized spacial score (nSPS) is 13.7. The molecule has 53 heavy (non-hydrogen) atoms. The van der Waals surface area contributed by atoms with Gasteiger partial charge in [-0.2, -0.15) is 0 Å². The summed E-state index contributed by atoms with van der Waals surface area (Å²) in [5.41, 5.74) is 11.6. The van der Waals surface area contributed by atoms with Gasteiger partial charge in [-0.25, -0.2) is 4.98 Å². The Morgan fingerprint density at radius 3 is 1.98 bits per heavy atom. The number of carbonyl (C=O) groups is 1. The number of aromatic nitrogens is 2. The Kier molecular flexibility index (Phi) is 10.9. The number of aliphatic hydroxyl groups excluding tert-OH is 1. The molecule has 0 fully saturated rings. The van der Waals surface area contributed by atoms with Crippen LogP contribution in [0.4, 0.5) is 0 Å². The summed E-state index contributed by atoms with van der Waals surface area (Å²) >= 11 is 0. The van der Waals surface area contributed by atoms with Gasteiger partial charge in [0, 0.05) is 43.4 Å². The van der Waals surface area contributed by atoms with Crippen LogP contribution in [0.2, 0.25) is 0 Å². The molecule has 0 aliphatic heterocycles. The minimum Gasteiger partial charge on any atom is -0.512 e. The Bertz CT molecular complexity index is 2300. The van der Waals surface area contributed by atoms with Gasteiger partial charge >= 0.3 is 0 Å². The molecule has 1 spiro atoms. The van der Waals surface area contributed by atoms with E-state index in [2.05, 4.69) is 118 Å². The third-order valence-corrected chi connectivity index (χ3v) is 11.5. The number of benzene rings is 5. The first-order valence-corrected chi connectivity index (χ1v) is 19.0. The zero-order chi connectivity index (χ0) is 36.8. The standard InChI is InChI=1S/C35H25N2.C13H24O2.Ir/c1-34(2,3)22-18-29-31-30(19-22)36-20-37-33(31)26-17-16-21-10-4-5-11-23(21)32(26)35(29)27-14-8-6-12-24(27)25-13-7-9-15-28(25)35;1-5-10(6-2)12(14)9-13(15)11(7-3)8-4;/h4-16,18-20H,1-3H3;9-11,14H,5-8H2,1-4H3;/q-1;;/b;12-9-;. The molecule has 5 heteroatoms. The number of hydrogen-bond donors (Lipinski definition) is 1. The van der Waals surface area contributed by atoms with Crippen LogP contribution in [0.15, 0.2) is 109 Å². The fraction of sp³-hybridized carbons (Fsp3) is 0.312. The van der Waals surface area contributed by atoms with Gasteiger partial charge in [0.25, 0.3) is 0 Å². The molecule has 0 unspecified atom stereocenters. The van der Waals surface area contributed by atoms with Gasteiger partial charge in [-0.1, -0.05) is 138 Å². The molecule has 4 nitrogen and oxygen atoms in total. The van der Waals surface area contributed by atoms with Gasteiger partial charge in [0.2, 0.25) is 0 Å². The maximum Gasteiger partial charge on any atom is 0.162 e. The van der Waals surface area contributed by atoms with Crippen LogP contribution in [0, 0.1) is 17.9 Å². The Balaban J connectivity index is 0.000000258. The fourth-order valence-electron chi connectivity index (χ4n) is 8.60. The second-order valence-corrected chi connectivity index (χ2v) is 15.4. The second-order valence-electron chi connectivity index (χ2n) is 15.4. The fourth-order valence-corrected chi connectivity index (χ4v) is 8.60. The van der Waals surface area contributed by atoms with Crippen molar-refractivity contribution in [2.24, 2.45) is 11.8 Å². The van der Waals surface area contributed by atoms with E-state index in [1.165, 1.54) is 55.8 Å². The summed E-state index contributed by atoms with van der Waals surface area (Å²) in [7, 11) is 0. The van der Waals surface area contributed by atoms with Crippen molar-refractivity contribution in [1.82, 2.24) is 9.97 Å². The van der Waals surface area contributed by atoms with Crippen LogP contribution in [0.5, 0.6) is 0 Å². The van der Waals surface area contributed by atoms with Gasteiger partial charge in [-0.15, -0.1) is 23.3 Å². The van der Waals surface area contributed by atoms with E-state index in [9.17, 15) is 9.90 Å². The minimum absolute atomic E-state index is 0. The topological polar surface area (TPSA) is 63.1 Å². The zero-order valence-corrected chi connectivity index (χ0v) is 34.3. The molecule has 0 amide bonds. The van der Waals surface area contributed by atoms with Gasteiger partial charge in [-0.05, 0) is 81.6 Å². The predicted octanol–water partition coefficient (Wildman–Crippen LogP) is 12.1. The summed E-state index contributed by atoms with van der Waals surface area (Å²) in [4.78, 5) is 21.5. The molecule has 0 saturated heterocycles. The first-order chi connectivity index (χ1) is 25.1. The van der Waals surface area contributed by atoms with Crippen LogP contribution in [-0.4, -0.2) is 20.9 Å². The van der Waals surface area contributed by atoms with E-state index < -0.39 is 5.41 Å². The molecule has 5 aromatic carbocycles. The number of fused-ring (bicyclic) bond motifs is 11. The number of rotatable bonds is 7. The smallest absolute Gasteiger partial charge is 0.162 e. The van der Waals surface area contributed by atoms with Crippen molar-refractivity contribution >= 4 is 27.5 Å². The van der Waals surface area contributed by atoms with Gasteiger partial charge in [-0.3, -0.25) is 9.78 Å². The Hall–Kier alpha value is -4.44. The van der Waals surface area contributed by atoms with E-state index in [-0.39, 0.29) is 48.9 Å². The number of hydrogen-bond acceptors (Lipinski definition) is 4. The van der Waals surface area contributed by atoms with E-state index in [1.807, 2.05) is 27.7 Å². The Morgan fingerprint density at radius 1 is 0.792 bits per heavy atom. The summed E-state index contributed by atoms with van der Waals surface area (Å²) in [6.45, 7) is 14.9. The summed E-state index contributed by atoms with van der Waals surface area (Å²) in [6.07, 6.45) is 6.62. The van der Waals surface area contributed by atoms with Crippen LogP contribution < -0.4 is 0 Å². The predicted molar refractivity (Wildman–Crippen MR) is 215 cm³/mol. The largest absolute Gasteiger partial charge is 0.512 e. The zero-order valence-electron chi connectivity index (χ0n) is 31.9. The van der Waals surface area contributed by atoms with Gasteiger partial charge < -0.3 is 5.11 Å². The van der Waals surface area contributed by atoms with Crippen molar-refractivity contribution in [2.75, 3.05) is 0 Å². The summed E-state index contributed by atoms with van der Waals surface area (Å²) in [5, 5.41) is 13.3. The molecule has 273 valence electrons. The van der Waals surface area contributed by atoms with E-state index in [0.29, 0.717) is 0 Å². The molecule has 1 heterocycles. The average molecular weight is 878 g/mol. The van der Waals surface area contributed by atoms with Gasteiger partial charge in [0.05, 0.1) is 11.3 Å². The number of ketones is 1. The quantitative estimate of drug-likeness (QED) is 0.0984. The van der Waals surface area contributed by atoms with Crippen LogP contribution in [0.1, 0.15) is 102 Å². The van der Waals surface area contributed by atoms with Crippen LogP contribution in [-0.2, 0) is 35.7 Å². The van der Waals surface area contributed by atoms with Crippen molar-refractivity contribution < 1.29 is 30.0 Å². The minimum atomic E-state index is -0.489. The summed E-state index contributed by atoms with van der Waals surface area (Å²) < 4.78 is 0. The molecule has 0 atom stereocenters. The molecule has 6 aromatic rings. The molecule has 2 aliphatic rings. The maximum atomic E-state index is 11.7. The third kappa shape index (κ3) is 6.26. The monoisotopic (exact) mass is 878 g/mol. The number of carbonyl (C=O) groups excluding carboxylic acids is 1. The van der Waals surface area contributed by atoms with E-state index in [0.717, 1.165) is 47.8 Å². The van der Waals surface area contributed by atoms with Crippen LogP contribution in [0.3, 0.4) is 0 Å². The van der Waals surface area contributed by atoms with Crippen molar-refractivity contribution in [1.29, 1.82) is 0 Å². The molecule has 8 rings (SSSR count). The molecule has 1 aromatic heterocycles. The first kappa shape index (κ1) is 38.3. The van der Waals surface area contributed by atoms with Crippen molar-refractivity contribution in [3.63, 3.8) is 0 Å². The molecule has 1 radical (unpaired) electrons. The molecule has 1 N–H and O–H groups in total. The average Bonchev–Trinajstić information content (AvgIpc) is 3.44. The number of nitrogens with zero attached hydrogens (tertiary/aromatic N) is 2. The molecular formula is C48H49IrN2O2-. The Morgan fingerprint density at radius 2 is 1.38 bits per heavy atom. The second kappa shape index (κ2) is 15.1.